The van der Waals surface area contributed by atoms with E-state index in [-0.39, 0.29) is 22.8 Å². The summed E-state index contributed by atoms with van der Waals surface area (Å²) in [5.74, 6) is -0.736. The van der Waals surface area contributed by atoms with E-state index in [2.05, 4.69) is 0 Å². The van der Waals surface area contributed by atoms with E-state index >= 15 is 0 Å². The Bertz CT molecular complexity index is 729. The fraction of sp³-hybridized carbons (Fsp3) is 0.440. The van der Waals surface area contributed by atoms with Crippen LogP contribution in [0.2, 0.25) is 0 Å². The van der Waals surface area contributed by atoms with Crippen molar-refractivity contribution in [1.29, 1.82) is 0 Å². The predicted octanol–water partition coefficient (Wildman–Crippen LogP) is 5.92. The molecule has 0 radical (unpaired) electrons. The molecular weight excluding hydrogens is 364 g/mol. The Kier molecular flexibility index (Phi) is 7.23. The average Bonchev–Trinajstić information content (AvgIpc) is 2.66. The van der Waals surface area contributed by atoms with Gasteiger partial charge in [0.05, 0.1) is 11.1 Å². The Morgan fingerprint density at radius 1 is 0.655 bits per heavy atom. The van der Waals surface area contributed by atoms with Crippen LogP contribution in [0.1, 0.15) is 68.7 Å². The van der Waals surface area contributed by atoms with Gasteiger partial charge in [-0.1, -0.05) is 77.9 Å². The topological polar surface area (TPSA) is 52.6 Å². The second-order valence-electron chi connectivity index (χ2n) is 9.49. The molecule has 0 bridgehead atoms. The smallest absolute Gasteiger partial charge is 0.338 e. The van der Waals surface area contributed by atoms with Gasteiger partial charge >= 0.3 is 11.9 Å². The van der Waals surface area contributed by atoms with Crippen LogP contribution in [0.4, 0.5) is 0 Å². The summed E-state index contributed by atoms with van der Waals surface area (Å²) < 4.78 is 11.8. The lowest BCUT2D eigenvalue weighted by atomic mass is 9.79. The number of carbonyl (C=O) groups excluding carboxylic acids is 2. The summed E-state index contributed by atoms with van der Waals surface area (Å²) in [4.78, 5) is 25.3. The summed E-state index contributed by atoms with van der Waals surface area (Å²) in [6, 6.07) is 17.9. The van der Waals surface area contributed by atoms with Gasteiger partial charge in [-0.05, 0) is 35.1 Å². The van der Waals surface area contributed by atoms with E-state index in [9.17, 15) is 9.59 Å². The number of hydrogen-bond donors (Lipinski definition) is 0. The molecule has 2 aromatic rings. The van der Waals surface area contributed by atoms with Crippen LogP contribution >= 0.6 is 0 Å². The van der Waals surface area contributed by atoms with Gasteiger partial charge in [0.1, 0.15) is 12.2 Å². The standard InChI is InChI=1S/C25H32O4/c1-24(2,3)20(28-22(26)18-13-9-7-10-14-18)17-21(25(4,5)6)29-23(27)19-15-11-8-12-16-19/h7-16,20-21H,17H2,1-6H3. The molecule has 2 aromatic carbocycles. The number of carbonyl (C=O) groups is 2. The predicted molar refractivity (Wildman–Crippen MR) is 115 cm³/mol. The van der Waals surface area contributed by atoms with Crippen molar-refractivity contribution in [3.63, 3.8) is 0 Å². The molecule has 2 rings (SSSR count). The molecular formula is C25H32O4. The van der Waals surface area contributed by atoms with Crippen LogP contribution in [0.5, 0.6) is 0 Å². The number of benzene rings is 2. The molecule has 0 heterocycles. The van der Waals surface area contributed by atoms with Gasteiger partial charge in [0.15, 0.2) is 0 Å². The quantitative estimate of drug-likeness (QED) is 0.569. The molecule has 0 aliphatic carbocycles. The minimum absolute atomic E-state index is 0.312. The fourth-order valence-corrected chi connectivity index (χ4v) is 2.89. The molecule has 2 atom stereocenters. The SMILES string of the molecule is CC(C)(C)C(CC(OC(=O)c1ccccc1)C(C)(C)C)OC(=O)c1ccccc1. The Morgan fingerprint density at radius 2 is 0.966 bits per heavy atom. The lowest BCUT2D eigenvalue weighted by molar-refractivity contribution is -0.0550. The van der Waals surface area contributed by atoms with Gasteiger partial charge in [-0.25, -0.2) is 9.59 Å². The van der Waals surface area contributed by atoms with Crippen molar-refractivity contribution in [3.05, 3.63) is 71.8 Å². The summed E-state index contributed by atoms with van der Waals surface area (Å²) in [6.45, 7) is 12.1. The van der Waals surface area contributed by atoms with Gasteiger partial charge in [-0.15, -0.1) is 0 Å². The molecule has 0 spiro atoms. The van der Waals surface area contributed by atoms with Gasteiger partial charge in [-0.3, -0.25) is 0 Å². The van der Waals surface area contributed by atoms with Crippen LogP contribution in [0, 0.1) is 10.8 Å². The first-order valence-corrected chi connectivity index (χ1v) is 10.0. The second-order valence-corrected chi connectivity index (χ2v) is 9.49. The summed E-state index contributed by atoms with van der Waals surface area (Å²) in [6.07, 6.45) is -0.407. The largest absolute Gasteiger partial charge is 0.458 e. The Morgan fingerprint density at radius 3 is 1.24 bits per heavy atom. The highest BCUT2D eigenvalue weighted by molar-refractivity contribution is 5.90. The Hall–Kier alpha value is -2.62. The van der Waals surface area contributed by atoms with Crippen molar-refractivity contribution in [3.8, 4) is 0 Å². The first-order chi connectivity index (χ1) is 13.5. The highest BCUT2D eigenvalue weighted by atomic mass is 16.6. The molecule has 0 saturated carbocycles. The minimum atomic E-state index is -0.414. The minimum Gasteiger partial charge on any atom is -0.458 e. The molecule has 0 aliphatic rings. The number of ether oxygens (including phenoxy) is 2. The van der Waals surface area contributed by atoms with Crippen molar-refractivity contribution >= 4 is 11.9 Å². The molecule has 0 saturated heterocycles. The molecule has 0 aromatic heterocycles. The van der Waals surface area contributed by atoms with Crippen molar-refractivity contribution in [2.75, 3.05) is 0 Å². The molecule has 2 unspecified atom stereocenters. The summed E-state index contributed by atoms with van der Waals surface area (Å²) in [5.41, 5.74) is 0.394. The third-order valence-corrected chi connectivity index (χ3v) is 4.88. The van der Waals surface area contributed by atoms with Gasteiger partial charge in [-0.2, -0.15) is 0 Å². The number of rotatable bonds is 6. The fourth-order valence-electron chi connectivity index (χ4n) is 2.89. The number of esters is 2. The van der Waals surface area contributed by atoms with Gasteiger partial charge in [0, 0.05) is 6.42 Å². The molecule has 29 heavy (non-hydrogen) atoms. The van der Waals surface area contributed by atoms with Crippen molar-refractivity contribution < 1.29 is 19.1 Å². The van der Waals surface area contributed by atoms with E-state index in [1.54, 1.807) is 24.3 Å². The lowest BCUT2D eigenvalue weighted by Crippen LogP contribution is -2.41. The zero-order valence-electron chi connectivity index (χ0n) is 18.3. The Labute approximate surface area is 174 Å². The van der Waals surface area contributed by atoms with Crippen LogP contribution in [0.3, 0.4) is 0 Å². The first kappa shape index (κ1) is 22.7. The third-order valence-electron chi connectivity index (χ3n) is 4.88. The summed E-state index contributed by atoms with van der Waals surface area (Å²) in [5, 5.41) is 0. The zero-order valence-corrected chi connectivity index (χ0v) is 18.3. The first-order valence-electron chi connectivity index (χ1n) is 10.0. The highest BCUT2D eigenvalue weighted by Crippen LogP contribution is 2.34. The van der Waals surface area contributed by atoms with Gasteiger partial charge in [0.25, 0.3) is 0 Å². The van der Waals surface area contributed by atoms with Crippen LogP contribution in [-0.2, 0) is 9.47 Å². The molecule has 156 valence electrons. The Balaban J connectivity index is 2.20. The molecule has 4 nitrogen and oxygen atoms in total. The van der Waals surface area contributed by atoms with E-state index in [1.807, 2.05) is 77.9 Å². The molecule has 0 N–H and O–H groups in total. The maximum absolute atomic E-state index is 12.6. The third kappa shape index (κ3) is 6.74. The van der Waals surface area contributed by atoms with Crippen LogP contribution in [-0.4, -0.2) is 24.1 Å². The normalized spacial score (nSPS) is 14.0. The maximum Gasteiger partial charge on any atom is 0.338 e. The van der Waals surface area contributed by atoms with E-state index in [4.69, 9.17) is 9.47 Å². The zero-order chi connectivity index (χ0) is 21.7. The van der Waals surface area contributed by atoms with E-state index < -0.39 is 12.2 Å². The molecule has 0 aliphatic heterocycles. The van der Waals surface area contributed by atoms with Crippen LogP contribution in [0.15, 0.2) is 60.7 Å². The van der Waals surface area contributed by atoms with Crippen molar-refractivity contribution in [1.82, 2.24) is 0 Å². The second kappa shape index (κ2) is 9.25. The van der Waals surface area contributed by atoms with Gasteiger partial charge in [0.2, 0.25) is 0 Å². The average molecular weight is 397 g/mol. The van der Waals surface area contributed by atoms with Crippen molar-refractivity contribution in [2.24, 2.45) is 10.8 Å². The van der Waals surface area contributed by atoms with Crippen molar-refractivity contribution in [2.45, 2.75) is 60.2 Å². The molecule has 0 fully saturated rings. The highest BCUT2D eigenvalue weighted by Gasteiger charge is 2.37. The van der Waals surface area contributed by atoms with E-state index in [0.29, 0.717) is 17.5 Å². The summed E-state index contributed by atoms with van der Waals surface area (Å²) in [7, 11) is 0. The van der Waals surface area contributed by atoms with Crippen LogP contribution in [0.25, 0.3) is 0 Å². The van der Waals surface area contributed by atoms with Gasteiger partial charge < -0.3 is 9.47 Å². The number of hydrogen-bond acceptors (Lipinski definition) is 4. The monoisotopic (exact) mass is 396 g/mol. The summed E-state index contributed by atoms with van der Waals surface area (Å²) >= 11 is 0. The lowest BCUT2D eigenvalue weighted by Gasteiger charge is -2.37. The molecule has 4 heteroatoms. The maximum atomic E-state index is 12.6. The van der Waals surface area contributed by atoms with Crippen LogP contribution < -0.4 is 0 Å². The van der Waals surface area contributed by atoms with E-state index in [0.717, 1.165) is 0 Å². The molecule has 0 amide bonds. The van der Waals surface area contributed by atoms with E-state index in [1.165, 1.54) is 0 Å².